The number of primary amides is 1. The van der Waals surface area contributed by atoms with E-state index in [1.54, 1.807) is 38.1 Å². The van der Waals surface area contributed by atoms with Gasteiger partial charge in [0.1, 0.15) is 31.0 Å². The molecule has 0 spiro atoms. The molecular formula is C40H42N6O10. The Balaban J connectivity index is 1.16. The molecule has 1 aliphatic rings. The Hall–Kier alpha value is -6.97. The number of nitro groups is 1. The number of nitro benzene ring substituents is 1. The van der Waals surface area contributed by atoms with Gasteiger partial charge in [-0.1, -0.05) is 74.5 Å². The summed E-state index contributed by atoms with van der Waals surface area (Å²) in [5, 5.41) is 21.4. The fourth-order valence-corrected chi connectivity index (χ4v) is 6.17. The fourth-order valence-electron chi connectivity index (χ4n) is 6.17. The third-order valence-electron chi connectivity index (χ3n) is 8.99. The molecule has 2 atom stereocenters. The minimum Gasteiger partial charge on any atom is -0.449 e. The maximum absolute atomic E-state index is 13.6. The fraction of sp³-hybridized carbons (Fsp3) is 0.275. The van der Waals surface area contributed by atoms with Crippen LogP contribution in [0.25, 0.3) is 11.1 Å². The number of ether oxygens (including phenoxy) is 3. The molecule has 4 aromatic rings. The Morgan fingerprint density at radius 1 is 0.804 bits per heavy atom. The average molecular weight is 767 g/mol. The lowest BCUT2D eigenvalue weighted by atomic mass is 9.98. The van der Waals surface area contributed by atoms with E-state index >= 15 is 0 Å². The van der Waals surface area contributed by atoms with Crippen LogP contribution in [0.5, 0.6) is 5.75 Å². The molecule has 16 nitrogen and oxygen atoms in total. The van der Waals surface area contributed by atoms with Crippen LogP contribution in [0.2, 0.25) is 0 Å². The van der Waals surface area contributed by atoms with Crippen LogP contribution in [-0.2, 0) is 25.7 Å². The number of amides is 5. The Morgan fingerprint density at radius 2 is 1.43 bits per heavy atom. The van der Waals surface area contributed by atoms with Crippen LogP contribution < -0.4 is 31.7 Å². The SMILES string of the molecule is CC(C)[C@H](NC(=O)OCC1c2ccccc2-c2ccccc21)C(=O)N[C@H](CCCNC(N)=O)C(=O)Nc1ccc(COC(=O)Oc2ccc([N+](=O)[O-])cc2)cc1. The number of alkyl carbamates (subject to hydrolysis) is 1. The van der Waals surface area contributed by atoms with Crippen LogP contribution in [0.1, 0.15) is 49.3 Å². The first kappa shape index (κ1) is 40.2. The van der Waals surface area contributed by atoms with Crippen LogP contribution in [0, 0.1) is 16.0 Å². The van der Waals surface area contributed by atoms with E-state index in [-0.39, 0.29) is 49.5 Å². The predicted octanol–water partition coefficient (Wildman–Crippen LogP) is 5.75. The number of fused-ring (bicyclic) bond motifs is 3. The molecule has 5 amide bonds. The van der Waals surface area contributed by atoms with Crippen LogP contribution in [0.15, 0.2) is 97.1 Å². The largest absolute Gasteiger partial charge is 0.514 e. The number of nitrogens with two attached hydrogens (primary N) is 1. The van der Waals surface area contributed by atoms with Crippen molar-refractivity contribution in [2.45, 2.75) is 51.3 Å². The van der Waals surface area contributed by atoms with Gasteiger partial charge in [0.25, 0.3) is 5.69 Å². The summed E-state index contributed by atoms with van der Waals surface area (Å²) >= 11 is 0. The number of nitrogens with zero attached hydrogens (tertiary/aromatic N) is 1. The molecule has 1 aliphatic carbocycles. The third-order valence-corrected chi connectivity index (χ3v) is 8.99. The number of carbonyl (C=O) groups excluding carboxylic acids is 5. The number of hydrogen-bond acceptors (Lipinski definition) is 10. The van der Waals surface area contributed by atoms with Gasteiger partial charge in [-0.15, -0.1) is 0 Å². The number of anilines is 1. The van der Waals surface area contributed by atoms with E-state index in [1.165, 1.54) is 24.3 Å². The molecule has 6 N–H and O–H groups in total. The Kier molecular flexibility index (Phi) is 13.6. The third kappa shape index (κ3) is 10.8. The monoisotopic (exact) mass is 766 g/mol. The van der Waals surface area contributed by atoms with Crippen LogP contribution in [-0.4, -0.2) is 60.3 Å². The molecule has 4 aromatic carbocycles. The van der Waals surface area contributed by atoms with E-state index in [4.69, 9.17) is 19.9 Å². The first-order valence-corrected chi connectivity index (χ1v) is 17.8. The number of carbonyl (C=O) groups is 5. The van der Waals surface area contributed by atoms with Crippen molar-refractivity contribution in [3.05, 3.63) is 124 Å². The molecule has 0 saturated carbocycles. The molecule has 0 aromatic heterocycles. The summed E-state index contributed by atoms with van der Waals surface area (Å²) in [5.74, 6) is -1.65. The van der Waals surface area contributed by atoms with Crippen LogP contribution >= 0.6 is 0 Å². The zero-order valence-corrected chi connectivity index (χ0v) is 30.7. The van der Waals surface area contributed by atoms with Crippen molar-refractivity contribution in [3.63, 3.8) is 0 Å². The molecule has 5 rings (SSSR count). The smallest absolute Gasteiger partial charge is 0.449 e. The lowest BCUT2D eigenvalue weighted by molar-refractivity contribution is -0.384. The number of urea groups is 1. The van der Waals surface area contributed by atoms with E-state index in [2.05, 4.69) is 21.3 Å². The number of nitrogens with one attached hydrogen (secondary N) is 4. The summed E-state index contributed by atoms with van der Waals surface area (Å²) in [4.78, 5) is 73.8. The zero-order valence-electron chi connectivity index (χ0n) is 30.7. The maximum atomic E-state index is 13.6. The van der Waals surface area contributed by atoms with Gasteiger partial charge >= 0.3 is 18.3 Å². The molecular weight excluding hydrogens is 724 g/mol. The van der Waals surface area contributed by atoms with Crippen molar-refractivity contribution >= 4 is 41.5 Å². The second kappa shape index (κ2) is 18.9. The van der Waals surface area contributed by atoms with Gasteiger partial charge in [0, 0.05) is 30.3 Å². The average Bonchev–Trinajstić information content (AvgIpc) is 3.50. The van der Waals surface area contributed by atoms with Gasteiger partial charge < -0.3 is 41.2 Å². The van der Waals surface area contributed by atoms with Crippen LogP contribution in [0.4, 0.5) is 25.8 Å². The molecule has 0 unspecified atom stereocenters. The summed E-state index contributed by atoms with van der Waals surface area (Å²) < 4.78 is 15.8. The minimum absolute atomic E-state index is 0.0569. The summed E-state index contributed by atoms with van der Waals surface area (Å²) in [5.41, 5.74) is 10.2. The molecule has 292 valence electrons. The van der Waals surface area contributed by atoms with Gasteiger partial charge in [-0.2, -0.15) is 0 Å². The van der Waals surface area contributed by atoms with Gasteiger partial charge in [-0.3, -0.25) is 19.7 Å². The second-order valence-corrected chi connectivity index (χ2v) is 13.3. The zero-order chi connectivity index (χ0) is 40.2. The van der Waals surface area contributed by atoms with E-state index in [0.29, 0.717) is 17.7 Å². The lowest BCUT2D eigenvalue weighted by Crippen LogP contribution is -2.54. The van der Waals surface area contributed by atoms with Crippen molar-refractivity contribution < 1.29 is 43.1 Å². The predicted molar refractivity (Wildman–Crippen MR) is 205 cm³/mol. The maximum Gasteiger partial charge on any atom is 0.514 e. The Labute approximate surface area is 322 Å². The van der Waals surface area contributed by atoms with Gasteiger partial charge in [0.2, 0.25) is 11.8 Å². The van der Waals surface area contributed by atoms with Gasteiger partial charge in [0.05, 0.1) is 4.92 Å². The molecule has 56 heavy (non-hydrogen) atoms. The highest BCUT2D eigenvalue weighted by Crippen LogP contribution is 2.44. The van der Waals surface area contributed by atoms with Crippen molar-refractivity contribution in [3.8, 4) is 16.9 Å². The quantitative estimate of drug-likeness (QED) is 0.0305. The first-order valence-electron chi connectivity index (χ1n) is 17.8. The minimum atomic E-state index is -1.07. The highest BCUT2D eigenvalue weighted by Gasteiger charge is 2.32. The molecule has 0 fully saturated rings. The van der Waals surface area contributed by atoms with Crippen molar-refractivity contribution in [2.24, 2.45) is 11.7 Å². The number of hydrogen-bond donors (Lipinski definition) is 5. The highest BCUT2D eigenvalue weighted by molar-refractivity contribution is 5.98. The van der Waals surface area contributed by atoms with E-state index in [0.717, 1.165) is 22.3 Å². The van der Waals surface area contributed by atoms with Gasteiger partial charge in [-0.25, -0.2) is 14.4 Å². The van der Waals surface area contributed by atoms with Crippen molar-refractivity contribution in [1.29, 1.82) is 0 Å². The molecule has 0 heterocycles. The topological polar surface area (TPSA) is 230 Å². The molecule has 0 aliphatic heterocycles. The Bertz CT molecular complexity index is 2010. The van der Waals surface area contributed by atoms with E-state index in [1.807, 2.05) is 48.5 Å². The molecule has 16 heteroatoms. The number of rotatable bonds is 16. The number of non-ortho nitro benzene ring substituents is 1. The summed E-state index contributed by atoms with van der Waals surface area (Å²) in [6, 6.07) is 24.3. The summed E-state index contributed by atoms with van der Waals surface area (Å²) in [6.45, 7) is 3.54. The lowest BCUT2D eigenvalue weighted by Gasteiger charge is -2.25. The van der Waals surface area contributed by atoms with E-state index < -0.39 is 47.1 Å². The normalized spacial score (nSPS) is 12.6. The van der Waals surface area contributed by atoms with Gasteiger partial charge in [0.15, 0.2) is 0 Å². The van der Waals surface area contributed by atoms with Crippen molar-refractivity contribution in [2.75, 3.05) is 18.5 Å². The highest BCUT2D eigenvalue weighted by atomic mass is 16.7. The number of benzene rings is 4. The molecule has 0 saturated heterocycles. The van der Waals surface area contributed by atoms with Gasteiger partial charge in [-0.05, 0) is 70.8 Å². The van der Waals surface area contributed by atoms with Crippen LogP contribution in [0.3, 0.4) is 0 Å². The Morgan fingerprint density at radius 3 is 2.02 bits per heavy atom. The van der Waals surface area contributed by atoms with E-state index in [9.17, 15) is 34.1 Å². The molecule has 0 bridgehead atoms. The summed E-state index contributed by atoms with van der Waals surface area (Å²) in [6.07, 6.45) is -1.39. The standard InChI is InChI=1S/C40H42N6O10/c1-24(2)35(45-39(50)54-23-33-31-10-5-3-8-29(31)30-9-4-6-11-32(30)33)37(48)44-34(12-7-21-42-38(41)49)36(47)43-26-15-13-25(14-16-26)22-55-40(51)56-28-19-17-27(18-20-28)46(52)53/h3-6,8-11,13-20,24,33-35H,7,12,21-23H2,1-2H3,(H,43,47)(H,44,48)(H,45,50)(H3,41,42,49)/t34-,35+/m1/s1. The second-order valence-electron chi connectivity index (χ2n) is 13.3. The first-order chi connectivity index (χ1) is 26.9. The molecule has 0 radical (unpaired) electrons. The summed E-state index contributed by atoms with van der Waals surface area (Å²) in [7, 11) is 0. The van der Waals surface area contributed by atoms with Crippen molar-refractivity contribution in [1.82, 2.24) is 16.0 Å².